The molecule has 3 aromatic rings. The minimum Gasteiger partial charge on any atom is -0.364 e. The van der Waals surface area contributed by atoms with Crippen LogP contribution >= 0.6 is 0 Å². The third-order valence-electron chi connectivity index (χ3n) is 5.87. The van der Waals surface area contributed by atoms with E-state index in [1.54, 1.807) is 24.5 Å². The maximum absolute atomic E-state index is 12.9. The van der Waals surface area contributed by atoms with E-state index in [9.17, 15) is 4.79 Å². The number of amides is 1. The van der Waals surface area contributed by atoms with Crippen molar-refractivity contribution in [1.82, 2.24) is 19.9 Å². The molecule has 7 nitrogen and oxygen atoms in total. The molecule has 1 fully saturated rings. The zero-order valence-corrected chi connectivity index (χ0v) is 18.7. The zero-order valence-electron chi connectivity index (χ0n) is 18.7. The SMILES string of the molecule is CC(C)(CN1CCCC1)c1ccc(NC(=O)c2cccnc2NCc2ccncn2)cc1. The van der Waals surface area contributed by atoms with Crippen molar-refractivity contribution < 1.29 is 4.79 Å². The highest BCUT2D eigenvalue weighted by molar-refractivity contribution is 6.07. The minimum absolute atomic E-state index is 0.0638. The summed E-state index contributed by atoms with van der Waals surface area (Å²) in [7, 11) is 0. The monoisotopic (exact) mass is 430 g/mol. The molecule has 0 radical (unpaired) electrons. The van der Waals surface area contributed by atoms with Crippen LogP contribution in [0.25, 0.3) is 0 Å². The minimum atomic E-state index is -0.202. The summed E-state index contributed by atoms with van der Waals surface area (Å²) in [4.78, 5) is 27.9. The van der Waals surface area contributed by atoms with Gasteiger partial charge in [-0.15, -0.1) is 0 Å². The van der Waals surface area contributed by atoms with E-state index in [0.29, 0.717) is 17.9 Å². The number of pyridine rings is 1. The third kappa shape index (κ3) is 5.48. The van der Waals surface area contributed by atoms with Crippen LogP contribution in [0.15, 0.2) is 61.2 Å². The highest BCUT2D eigenvalue weighted by atomic mass is 16.1. The first-order chi connectivity index (χ1) is 15.5. The fourth-order valence-electron chi connectivity index (χ4n) is 4.12. The van der Waals surface area contributed by atoms with E-state index in [2.05, 4.69) is 56.5 Å². The van der Waals surface area contributed by atoms with Crippen LogP contribution in [-0.4, -0.2) is 45.4 Å². The lowest BCUT2D eigenvalue weighted by Gasteiger charge is -2.30. The van der Waals surface area contributed by atoms with Crippen LogP contribution in [0, 0.1) is 0 Å². The highest BCUT2D eigenvalue weighted by Gasteiger charge is 2.25. The molecule has 166 valence electrons. The molecule has 4 rings (SSSR count). The number of nitrogens with zero attached hydrogens (tertiary/aromatic N) is 4. The number of carbonyl (C=O) groups is 1. The first kappa shape index (κ1) is 21.9. The van der Waals surface area contributed by atoms with Crippen molar-refractivity contribution in [2.24, 2.45) is 0 Å². The molecule has 2 N–H and O–H groups in total. The molecular formula is C25H30N6O. The van der Waals surface area contributed by atoms with E-state index in [1.165, 1.54) is 37.8 Å². The highest BCUT2D eigenvalue weighted by Crippen LogP contribution is 2.27. The average Bonchev–Trinajstić information content (AvgIpc) is 3.31. The van der Waals surface area contributed by atoms with Gasteiger partial charge in [0.15, 0.2) is 0 Å². The summed E-state index contributed by atoms with van der Waals surface area (Å²) in [5, 5.41) is 6.19. The summed E-state index contributed by atoms with van der Waals surface area (Å²) < 4.78 is 0. The summed E-state index contributed by atoms with van der Waals surface area (Å²) in [5.74, 6) is 0.319. The molecule has 2 aromatic heterocycles. The van der Waals surface area contributed by atoms with Gasteiger partial charge in [0.2, 0.25) is 0 Å². The number of nitrogens with one attached hydrogen (secondary N) is 2. The fraction of sp³-hybridized carbons (Fsp3) is 0.360. The third-order valence-corrected chi connectivity index (χ3v) is 5.87. The molecule has 1 saturated heterocycles. The van der Waals surface area contributed by atoms with Crippen molar-refractivity contribution in [1.29, 1.82) is 0 Å². The molecule has 0 saturated carbocycles. The lowest BCUT2D eigenvalue weighted by atomic mass is 9.84. The van der Waals surface area contributed by atoms with Gasteiger partial charge in [-0.1, -0.05) is 26.0 Å². The number of benzene rings is 1. The lowest BCUT2D eigenvalue weighted by Crippen LogP contribution is -2.35. The molecule has 0 bridgehead atoms. The van der Waals surface area contributed by atoms with E-state index in [1.807, 2.05) is 18.2 Å². The van der Waals surface area contributed by atoms with Gasteiger partial charge < -0.3 is 15.5 Å². The maximum atomic E-state index is 12.9. The Kier molecular flexibility index (Phi) is 6.75. The standard InChI is InChI=1S/C25H30N6O/c1-25(2,17-31-14-3-4-15-31)19-7-9-20(10-8-19)30-24(32)22-6-5-12-27-23(22)28-16-21-11-13-26-18-29-21/h5-13,18H,3-4,14-17H2,1-2H3,(H,27,28)(H,30,32). The second-order valence-electron chi connectivity index (χ2n) is 8.85. The number of carbonyl (C=O) groups excluding carboxylic acids is 1. The molecule has 1 aliphatic rings. The van der Waals surface area contributed by atoms with Crippen molar-refractivity contribution in [3.05, 3.63) is 78.0 Å². The quantitative estimate of drug-likeness (QED) is 0.560. The molecule has 0 unspecified atom stereocenters. The Morgan fingerprint density at radius 1 is 1.03 bits per heavy atom. The summed E-state index contributed by atoms with van der Waals surface area (Å²) >= 11 is 0. The average molecular weight is 431 g/mol. The number of anilines is 2. The number of rotatable bonds is 8. The van der Waals surface area contributed by atoms with Gasteiger partial charge in [-0.25, -0.2) is 15.0 Å². The Labute approximate surface area is 189 Å². The Hall–Kier alpha value is -3.32. The molecule has 1 aromatic carbocycles. The number of aromatic nitrogens is 3. The summed E-state index contributed by atoms with van der Waals surface area (Å²) in [6, 6.07) is 13.5. The van der Waals surface area contributed by atoms with Gasteiger partial charge in [0.1, 0.15) is 12.1 Å². The van der Waals surface area contributed by atoms with Gasteiger partial charge in [-0.05, 0) is 61.8 Å². The first-order valence-electron chi connectivity index (χ1n) is 11.1. The Morgan fingerprint density at radius 3 is 2.53 bits per heavy atom. The molecule has 32 heavy (non-hydrogen) atoms. The largest absolute Gasteiger partial charge is 0.364 e. The zero-order chi connectivity index (χ0) is 22.4. The molecule has 3 heterocycles. The molecule has 7 heteroatoms. The van der Waals surface area contributed by atoms with Gasteiger partial charge in [0.05, 0.1) is 17.8 Å². The van der Waals surface area contributed by atoms with Crippen LogP contribution in [-0.2, 0) is 12.0 Å². The van der Waals surface area contributed by atoms with Gasteiger partial charge in [-0.2, -0.15) is 0 Å². The fourth-order valence-corrected chi connectivity index (χ4v) is 4.12. The molecule has 0 spiro atoms. The Balaban J connectivity index is 1.40. The van der Waals surface area contributed by atoms with Crippen molar-refractivity contribution in [3.63, 3.8) is 0 Å². The normalized spacial score (nSPS) is 14.3. The van der Waals surface area contributed by atoms with Crippen molar-refractivity contribution in [2.75, 3.05) is 30.3 Å². The van der Waals surface area contributed by atoms with Gasteiger partial charge in [-0.3, -0.25) is 4.79 Å². The molecule has 0 aliphatic carbocycles. The van der Waals surface area contributed by atoms with Crippen LogP contribution in [0.3, 0.4) is 0 Å². The van der Waals surface area contributed by atoms with E-state index in [0.717, 1.165) is 17.9 Å². The lowest BCUT2D eigenvalue weighted by molar-refractivity contribution is 0.102. The Morgan fingerprint density at radius 2 is 1.81 bits per heavy atom. The van der Waals surface area contributed by atoms with Crippen molar-refractivity contribution in [2.45, 2.75) is 38.6 Å². The van der Waals surface area contributed by atoms with Crippen LogP contribution in [0.1, 0.15) is 48.3 Å². The van der Waals surface area contributed by atoms with Gasteiger partial charge in [0, 0.05) is 30.0 Å². The maximum Gasteiger partial charge on any atom is 0.259 e. The summed E-state index contributed by atoms with van der Waals surface area (Å²) in [5.41, 5.74) is 3.41. The molecule has 1 aliphatic heterocycles. The number of hydrogen-bond acceptors (Lipinski definition) is 6. The molecular weight excluding hydrogens is 400 g/mol. The van der Waals surface area contributed by atoms with Crippen molar-refractivity contribution in [3.8, 4) is 0 Å². The van der Waals surface area contributed by atoms with Crippen LogP contribution in [0.4, 0.5) is 11.5 Å². The van der Waals surface area contributed by atoms with Gasteiger partial charge in [0.25, 0.3) is 5.91 Å². The van der Waals surface area contributed by atoms with Crippen LogP contribution in [0.5, 0.6) is 0 Å². The van der Waals surface area contributed by atoms with E-state index in [-0.39, 0.29) is 11.3 Å². The van der Waals surface area contributed by atoms with Crippen LogP contribution < -0.4 is 10.6 Å². The van der Waals surface area contributed by atoms with E-state index >= 15 is 0 Å². The smallest absolute Gasteiger partial charge is 0.259 e. The second-order valence-corrected chi connectivity index (χ2v) is 8.85. The van der Waals surface area contributed by atoms with Crippen LogP contribution in [0.2, 0.25) is 0 Å². The van der Waals surface area contributed by atoms with Gasteiger partial charge >= 0.3 is 0 Å². The van der Waals surface area contributed by atoms with Crippen molar-refractivity contribution >= 4 is 17.4 Å². The Bertz CT molecular complexity index is 1030. The molecule has 0 atom stereocenters. The predicted octanol–water partition coefficient (Wildman–Crippen LogP) is 4.11. The predicted molar refractivity (Wildman–Crippen MR) is 127 cm³/mol. The summed E-state index contributed by atoms with van der Waals surface area (Å²) in [6.07, 6.45) is 7.44. The summed E-state index contributed by atoms with van der Waals surface area (Å²) in [6.45, 7) is 8.46. The number of likely N-dealkylation sites (tertiary alicyclic amines) is 1. The first-order valence-corrected chi connectivity index (χ1v) is 11.1. The second kappa shape index (κ2) is 9.87. The van der Waals surface area contributed by atoms with E-state index in [4.69, 9.17) is 0 Å². The van der Waals surface area contributed by atoms with E-state index < -0.39 is 0 Å². The molecule has 1 amide bonds. The number of hydrogen-bond donors (Lipinski definition) is 2. The topological polar surface area (TPSA) is 83.0 Å².